The first-order chi connectivity index (χ1) is 9.13. The highest BCUT2D eigenvalue weighted by Crippen LogP contribution is 2.10. The lowest BCUT2D eigenvalue weighted by Crippen LogP contribution is -2.38. The van der Waals surface area contributed by atoms with Crippen molar-refractivity contribution >= 4 is 11.0 Å². The first-order valence-corrected chi connectivity index (χ1v) is 5.85. The molecule has 19 heavy (non-hydrogen) atoms. The zero-order valence-corrected chi connectivity index (χ0v) is 10.1. The second-order valence-electron chi connectivity index (χ2n) is 4.22. The first kappa shape index (κ1) is 13.7. The lowest BCUT2D eigenvalue weighted by atomic mass is 10.2. The van der Waals surface area contributed by atoms with Crippen molar-refractivity contribution in [3.8, 4) is 0 Å². The molecule has 0 aromatic carbocycles. The molecule has 2 aromatic heterocycles. The summed E-state index contributed by atoms with van der Waals surface area (Å²) in [5.74, 6) is 0. The second kappa shape index (κ2) is 5.93. The molecule has 104 valence electrons. The van der Waals surface area contributed by atoms with E-state index in [0.29, 0.717) is 17.6 Å². The van der Waals surface area contributed by atoms with Gasteiger partial charge in [-0.2, -0.15) is 0 Å². The number of aliphatic hydroxyl groups excluding tert-OH is 3. The van der Waals surface area contributed by atoms with Gasteiger partial charge in [0, 0.05) is 24.8 Å². The van der Waals surface area contributed by atoms with E-state index in [-0.39, 0.29) is 12.1 Å². The molecule has 0 aliphatic carbocycles. The van der Waals surface area contributed by atoms with Crippen LogP contribution in [0.5, 0.6) is 0 Å². The van der Waals surface area contributed by atoms with Gasteiger partial charge in [0.05, 0.1) is 24.6 Å². The third-order valence-electron chi connectivity index (χ3n) is 2.85. The van der Waals surface area contributed by atoms with Gasteiger partial charge in [0.2, 0.25) is 0 Å². The molecule has 0 spiro atoms. The molecule has 8 heteroatoms. The van der Waals surface area contributed by atoms with Crippen LogP contribution < -0.4 is 10.9 Å². The largest absolute Gasteiger partial charge is 0.394 e. The number of nitrogens with one attached hydrogen (secondary N) is 3. The molecule has 8 nitrogen and oxygen atoms in total. The van der Waals surface area contributed by atoms with E-state index in [0.717, 1.165) is 5.56 Å². The number of fused-ring (bicyclic) bond motifs is 1. The fourth-order valence-corrected chi connectivity index (χ4v) is 1.75. The van der Waals surface area contributed by atoms with Crippen LogP contribution in [0.25, 0.3) is 11.0 Å². The van der Waals surface area contributed by atoms with Gasteiger partial charge >= 0.3 is 0 Å². The van der Waals surface area contributed by atoms with Gasteiger partial charge in [-0.3, -0.25) is 4.79 Å². The minimum absolute atomic E-state index is 0.123. The van der Waals surface area contributed by atoms with E-state index in [4.69, 9.17) is 5.11 Å². The maximum absolute atomic E-state index is 11.5. The SMILES string of the molecule is O=c1[nH]cnc2c(CNC[C@@H](O)[C@H](O)CO)c[nH]c12. The first-order valence-electron chi connectivity index (χ1n) is 5.85. The molecule has 0 fully saturated rings. The molecule has 2 atom stereocenters. The molecule has 0 bridgehead atoms. The Morgan fingerprint density at radius 3 is 2.84 bits per heavy atom. The van der Waals surface area contributed by atoms with E-state index >= 15 is 0 Å². The molecule has 2 heterocycles. The molecule has 2 rings (SSSR count). The Hall–Kier alpha value is -1.74. The van der Waals surface area contributed by atoms with E-state index in [1.54, 1.807) is 6.20 Å². The number of aromatic nitrogens is 3. The van der Waals surface area contributed by atoms with Crippen LogP contribution in [0.2, 0.25) is 0 Å². The van der Waals surface area contributed by atoms with Gasteiger partial charge in [0.1, 0.15) is 11.6 Å². The highest BCUT2D eigenvalue weighted by atomic mass is 16.4. The molecule has 0 amide bonds. The number of aliphatic hydroxyl groups is 3. The Kier molecular flexibility index (Phi) is 4.27. The third kappa shape index (κ3) is 2.99. The quantitative estimate of drug-likeness (QED) is 0.361. The van der Waals surface area contributed by atoms with Gasteiger partial charge in [-0.1, -0.05) is 0 Å². The van der Waals surface area contributed by atoms with Gasteiger partial charge in [0.15, 0.2) is 0 Å². The summed E-state index contributed by atoms with van der Waals surface area (Å²) < 4.78 is 0. The van der Waals surface area contributed by atoms with Crippen molar-refractivity contribution in [1.29, 1.82) is 0 Å². The Bertz CT molecular complexity index is 594. The Balaban J connectivity index is 1.99. The van der Waals surface area contributed by atoms with Gasteiger partial charge in [0.25, 0.3) is 5.56 Å². The Labute approximate surface area is 108 Å². The molecule has 0 radical (unpaired) electrons. The summed E-state index contributed by atoms with van der Waals surface area (Å²) in [6.07, 6.45) is 0.768. The molecule has 0 unspecified atom stereocenters. The van der Waals surface area contributed by atoms with Crippen LogP contribution in [0.1, 0.15) is 5.56 Å². The highest BCUT2D eigenvalue weighted by molar-refractivity contribution is 5.77. The zero-order valence-electron chi connectivity index (χ0n) is 10.1. The zero-order chi connectivity index (χ0) is 13.8. The standard InChI is InChI=1S/C11H16N4O4/c16-4-8(18)7(17)3-12-1-6-2-13-10-9(6)14-5-15-11(10)19/h2,5,7-8,12-13,16-18H,1,3-4H2,(H,14,15,19)/t7-,8-/m1/s1. The van der Waals surface area contributed by atoms with Crippen LogP contribution in [-0.2, 0) is 6.54 Å². The van der Waals surface area contributed by atoms with Crippen molar-refractivity contribution in [3.63, 3.8) is 0 Å². The molecular weight excluding hydrogens is 252 g/mol. The molecule has 0 saturated heterocycles. The van der Waals surface area contributed by atoms with Crippen LogP contribution in [0.3, 0.4) is 0 Å². The average molecular weight is 268 g/mol. The average Bonchev–Trinajstić information content (AvgIpc) is 2.82. The topological polar surface area (TPSA) is 134 Å². The fourth-order valence-electron chi connectivity index (χ4n) is 1.75. The summed E-state index contributed by atoms with van der Waals surface area (Å²) in [6, 6.07) is 0. The molecule has 0 aliphatic heterocycles. The lowest BCUT2D eigenvalue weighted by molar-refractivity contribution is -0.0129. The lowest BCUT2D eigenvalue weighted by Gasteiger charge is -2.15. The maximum atomic E-state index is 11.5. The molecule has 0 aliphatic rings. The smallest absolute Gasteiger partial charge is 0.275 e. The molecule has 2 aromatic rings. The van der Waals surface area contributed by atoms with Gasteiger partial charge < -0.3 is 30.6 Å². The summed E-state index contributed by atoms with van der Waals surface area (Å²) in [4.78, 5) is 20.8. The van der Waals surface area contributed by atoms with Crippen molar-refractivity contribution in [1.82, 2.24) is 20.3 Å². The molecule has 0 saturated carbocycles. The van der Waals surface area contributed by atoms with Crippen LogP contribution in [0.4, 0.5) is 0 Å². The third-order valence-corrected chi connectivity index (χ3v) is 2.85. The molecular formula is C11H16N4O4. The number of aromatic amines is 2. The Morgan fingerprint density at radius 2 is 2.11 bits per heavy atom. The summed E-state index contributed by atoms with van der Waals surface area (Å²) in [6.45, 7) is 0.0100. The predicted octanol–water partition coefficient (Wildman–Crippen LogP) is -1.95. The normalized spacial score (nSPS) is 14.7. The van der Waals surface area contributed by atoms with Crippen molar-refractivity contribution in [2.45, 2.75) is 18.8 Å². The minimum atomic E-state index is -1.17. The summed E-state index contributed by atoms with van der Waals surface area (Å²) in [7, 11) is 0. The fraction of sp³-hybridized carbons (Fsp3) is 0.455. The highest BCUT2D eigenvalue weighted by Gasteiger charge is 2.15. The number of H-pyrrole nitrogens is 2. The van der Waals surface area contributed by atoms with E-state index in [2.05, 4.69) is 20.3 Å². The van der Waals surface area contributed by atoms with E-state index in [9.17, 15) is 15.0 Å². The van der Waals surface area contributed by atoms with Crippen LogP contribution in [0, 0.1) is 0 Å². The van der Waals surface area contributed by atoms with Crippen molar-refractivity contribution in [2.24, 2.45) is 0 Å². The monoisotopic (exact) mass is 268 g/mol. The minimum Gasteiger partial charge on any atom is -0.394 e. The van der Waals surface area contributed by atoms with Gasteiger partial charge in [-0.05, 0) is 0 Å². The van der Waals surface area contributed by atoms with Crippen molar-refractivity contribution < 1.29 is 15.3 Å². The van der Waals surface area contributed by atoms with Gasteiger partial charge in [-0.15, -0.1) is 0 Å². The van der Waals surface area contributed by atoms with Crippen molar-refractivity contribution in [2.75, 3.05) is 13.2 Å². The number of hydrogen-bond donors (Lipinski definition) is 6. The van der Waals surface area contributed by atoms with Crippen LogP contribution in [0.15, 0.2) is 17.3 Å². The summed E-state index contributed by atoms with van der Waals surface area (Å²) >= 11 is 0. The number of rotatable bonds is 6. The Morgan fingerprint density at radius 1 is 1.32 bits per heavy atom. The van der Waals surface area contributed by atoms with Gasteiger partial charge in [-0.25, -0.2) is 4.98 Å². The van der Waals surface area contributed by atoms with E-state index in [1.807, 2.05) is 0 Å². The van der Waals surface area contributed by atoms with E-state index < -0.39 is 18.8 Å². The van der Waals surface area contributed by atoms with E-state index in [1.165, 1.54) is 6.33 Å². The number of hydrogen-bond acceptors (Lipinski definition) is 6. The maximum Gasteiger partial charge on any atom is 0.275 e. The summed E-state index contributed by atoms with van der Waals surface area (Å²) in [5.41, 5.74) is 1.50. The van der Waals surface area contributed by atoms with Crippen LogP contribution >= 0.6 is 0 Å². The number of nitrogens with zero attached hydrogens (tertiary/aromatic N) is 1. The van der Waals surface area contributed by atoms with Crippen LogP contribution in [-0.4, -0.2) is 55.6 Å². The molecule has 6 N–H and O–H groups in total. The summed E-state index contributed by atoms with van der Waals surface area (Å²) in [5, 5.41) is 30.2. The predicted molar refractivity (Wildman–Crippen MR) is 67.5 cm³/mol. The second-order valence-corrected chi connectivity index (χ2v) is 4.22. The van der Waals surface area contributed by atoms with Crippen molar-refractivity contribution in [3.05, 3.63) is 28.4 Å².